The minimum Gasteiger partial charge on any atom is -0.486 e. The Morgan fingerprint density at radius 2 is 1.85 bits per heavy atom. The number of aryl methyl sites for hydroxylation is 2. The molecular weight excluding hydrogens is 256 g/mol. The van der Waals surface area contributed by atoms with Gasteiger partial charge in [-0.15, -0.1) is 5.10 Å². The Bertz CT molecular complexity index is 629. The van der Waals surface area contributed by atoms with Gasteiger partial charge in [-0.2, -0.15) is 5.10 Å². The summed E-state index contributed by atoms with van der Waals surface area (Å²) in [5.41, 5.74) is 2.99. The van der Waals surface area contributed by atoms with Crippen LogP contribution in [0.5, 0.6) is 17.4 Å². The first-order valence-corrected chi connectivity index (χ1v) is 6.54. The second kappa shape index (κ2) is 5.36. The van der Waals surface area contributed by atoms with Gasteiger partial charge in [0.15, 0.2) is 11.5 Å². The lowest BCUT2D eigenvalue weighted by molar-refractivity contribution is 0.171. The van der Waals surface area contributed by atoms with Crippen LogP contribution in [0.15, 0.2) is 24.3 Å². The Hall–Kier alpha value is -2.30. The van der Waals surface area contributed by atoms with Crippen molar-refractivity contribution in [1.29, 1.82) is 0 Å². The predicted octanol–water partition coefficient (Wildman–Crippen LogP) is 2.44. The molecule has 2 aromatic rings. The highest BCUT2D eigenvalue weighted by Crippen LogP contribution is 2.31. The molecule has 1 aromatic heterocycles. The van der Waals surface area contributed by atoms with Crippen LogP contribution >= 0.6 is 0 Å². The van der Waals surface area contributed by atoms with Crippen LogP contribution in [0, 0.1) is 13.8 Å². The standard InChI is InChI=1S/C15H16N2O3/c1-10-7-15(17-16-11(10)2)20-9-12-3-4-13-14(8-12)19-6-5-18-13/h3-4,7-8H,5-6,9H2,1-2H3. The highest BCUT2D eigenvalue weighted by Gasteiger charge is 2.12. The molecule has 20 heavy (non-hydrogen) atoms. The zero-order valence-electron chi connectivity index (χ0n) is 11.5. The van der Waals surface area contributed by atoms with Crippen molar-refractivity contribution in [3.8, 4) is 17.4 Å². The third-order valence-electron chi connectivity index (χ3n) is 3.20. The molecule has 0 spiro atoms. The van der Waals surface area contributed by atoms with E-state index in [1.54, 1.807) is 0 Å². The molecule has 2 heterocycles. The van der Waals surface area contributed by atoms with E-state index in [0.29, 0.717) is 25.7 Å². The molecule has 1 aliphatic heterocycles. The minimum absolute atomic E-state index is 0.424. The summed E-state index contributed by atoms with van der Waals surface area (Å²) in [6.45, 7) is 5.52. The maximum atomic E-state index is 5.65. The molecule has 0 fully saturated rings. The third-order valence-corrected chi connectivity index (χ3v) is 3.20. The Kier molecular flexibility index (Phi) is 3.41. The number of hydrogen-bond donors (Lipinski definition) is 0. The lowest BCUT2D eigenvalue weighted by Crippen LogP contribution is -2.15. The smallest absolute Gasteiger partial charge is 0.233 e. The average Bonchev–Trinajstić information content (AvgIpc) is 2.48. The predicted molar refractivity (Wildman–Crippen MR) is 73.3 cm³/mol. The molecule has 104 valence electrons. The quantitative estimate of drug-likeness (QED) is 0.859. The summed E-state index contributed by atoms with van der Waals surface area (Å²) < 4.78 is 16.7. The van der Waals surface area contributed by atoms with Crippen molar-refractivity contribution in [3.05, 3.63) is 41.1 Å². The van der Waals surface area contributed by atoms with E-state index >= 15 is 0 Å². The highest BCUT2D eigenvalue weighted by molar-refractivity contribution is 5.43. The van der Waals surface area contributed by atoms with Crippen LogP contribution in [0.2, 0.25) is 0 Å². The maximum absolute atomic E-state index is 5.65. The number of ether oxygens (including phenoxy) is 3. The van der Waals surface area contributed by atoms with Crippen molar-refractivity contribution in [1.82, 2.24) is 10.2 Å². The molecule has 5 heteroatoms. The SMILES string of the molecule is Cc1cc(OCc2ccc3c(c2)OCCO3)nnc1C. The van der Waals surface area contributed by atoms with Crippen molar-refractivity contribution in [2.24, 2.45) is 0 Å². The Labute approximate surface area is 117 Å². The number of nitrogens with zero attached hydrogens (tertiary/aromatic N) is 2. The van der Waals surface area contributed by atoms with E-state index in [1.807, 2.05) is 38.1 Å². The largest absolute Gasteiger partial charge is 0.486 e. The van der Waals surface area contributed by atoms with Gasteiger partial charge in [-0.3, -0.25) is 0 Å². The van der Waals surface area contributed by atoms with Crippen molar-refractivity contribution in [2.75, 3.05) is 13.2 Å². The zero-order chi connectivity index (χ0) is 13.9. The molecule has 0 N–H and O–H groups in total. The van der Waals surface area contributed by atoms with Gasteiger partial charge < -0.3 is 14.2 Å². The maximum Gasteiger partial charge on any atom is 0.233 e. The van der Waals surface area contributed by atoms with Crippen LogP contribution in [0.25, 0.3) is 0 Å². The van der Waals surface area contributed by atoms with E-state index < -0.39 is 0 Å². The van der Waals surface area contributed by atoms with Crippen molar-refractivity contribution in [2.45, 2.75) is 20.5 Å². The number of rotatable bonds is 3. The van der Waals surface area contributed by atoms with Crippen LogP contribution in [-0.4, -0.2) is 23.4 Å². The first kappa shape index (κ1) is 12.7. The fraction of sp³-hybridized carbons (Fsp3) is 0.333. The summed E-state index contributed by atoms with van der Waals surface area (Å²) in [7, 11) is 0. The molecule has 0 amide bonds. The van der Waals surface area contributed by atoms with Gasteiger partial charge in [0.25, 0.3) is 0 Å². The van der Waals surface area contributed by atoms with E-state index in [4.69, 9.17) is 14.2 Å². The zero-order valence-corrected chi connectivity index (χ0v) is 11.5. The topological polar surface area (TPSA) is 53.5 Å². The molecule has 1 aliphatic rings. The Balaban J connectivity index is 1.70. The third kappa shape index (κ3) is 2.66. The van der Waals surface area contributed by atoms with E-state index in [9.17, 15) is 0 Å². The van der Waals surface area contributed by atoms with E-state index in [2.05, 4.69) is 10.2 Å². The van der Waals surface area contributed by atoms with Crippen LogP contribution in [0.3, 0.4) is 0 Å². The lowest BCUT2D eigenvalue weighted by atomic mass is 10.2. The van der Waals surface area contributed by atoms with Gasteiger partial charge in [0.1, 0.15) is 19.8 Å². The second-order valence-electron chi connectivity index (χ2n) is 4.72. The van der Waals surface area contributed by atoms with Gasteiger partial charge in [0, 0.05) is 6.07 Å². The van der Waals surface area contributed by atoms with Gasteiger partial charge >= 0.3 is 0 Å². The van der Waals surface area contributed by atoms with Crippen molar-refractivity contribution < 1.29 is 14.2 Å². The number of hydrogen-bond acceptors (Lipinski definition) is 5. The van der Waals surface area contributed by atoms with Gasteiger partial charge in [-0.05, 0) is 37.1 Å². The van der Waals surface area contributed by atoms with Gasteiger partial charge in [0.2, 0.25) is 5.88 Å². The summed E-state index contributed by atoms with van der Waals surface area (Å²) in [4.78, 5) is 0. The molecule has 0 atom stereocenters. The molecule has 0 radical (unpaired) electrons. The second-order valence-corrected chi connectivity index (χ2v) is 4.72. The monoisotopic (exact) mass is 272 g/mol. The van der Waals surface area contributed by atoms with E-state index in [1.165, 1.54) is 0 Å². The first-order valence-electron chi connectivity index (χ1n) is 6.54. The van der Waals surface area contributed by atoms with Gasteiger partial charge in [0.05, 0.1) is 5.69 Å². The van der Waals surface area contributed by atoms with Crippen LogP contribution in [0.1, 0.15) is 16.8 Å². The van der Waals surface area contributed by atoms with Crippen LogP contribution in [0.4, 0.5) is 0 Å². The fourth-order valence-electron chi connectivity index (χ4n) is 1.93. The number of fused-ring (bicyclic) bond motifs is 1. The fourth-order valence-corrected chi connectivity index (χ4v) is 1.93. The lowest BCUT2D eigenvalue weighted by Gasteiger charge is -2.18. The van der Waals surface area contributed by atoms with Crippen molar-refractivity contribution >= 4 is 0 Å². The summed E-state index contributed by atoms with van der Waals surface area (Å²) in [5, 5.41) is 8.05. The molecule has 0 unspecified atom stereocenters. The number of aromatic nitrogens is 2. The van der Waals surface area contributed by atoms with Crippen molar-refractivity contribution in [3.63, 3.8) is 0 Å². The average molecular weight is 272 g/mol. The summed E-state index contributed by atoms with van der Waals surface area (Å²) in [6.07, 6.45) is 0. The molecular formula is C15H16N2O3. The summed E-state index contributed by atoms with van der Waals surface area (Å²) >= 11 is 0. The van der Waals surface area contributed by atoms with Crippen LogP contribution < -0.4 is 14.2 Å². The normalized spacial score (nSPS) is 13.1. The molecule has 0 saturated heterocycles. The molecule has 0 saturated carbocycles. The minimum atomic E-state index is 0.424. The molecule has 1 aromatic carbocycles. The first-order chi connectivity index (χ1) is 9.72. The van der Waals surface area contributed by atoms with E-state index in [0.717, 1.165) is 28.3 Å². The Morgan fingerprint density at radius 3 is 2.65 bits per heavy atom. The molecule has 5 nitrogen and oxygen atoms in total. The Morgan fingerprint density at radius 1 is 1.05 bits per heavy atom. The number of benzene rings is 1. The van der Waals surface area contributed by atoms with Crippen LogP contribution in [-0.2, 0) is 6.61 Å². The molecule has 0 aliphatic carbocycles. The van der Waals surface area contributed by atoms with Gasteiger partial charge in [-0.1, -0.05) is 6.07 Å². The summed E-state index contributed by atoms with van der Waals surface area (Å²) in [6, 6.07) is 7.69. The highest BCUT2D eigenvalue weighted by atomic mass is 16.6. The molecule has 0 bridgehead atoms. The van der Waals surface area contributed by atoms with Gasteiger partial charge in [-0.25, -0.2) is 0 Å². The molecule has 3 rings (SSSR count). The summed E-state index contributed by atoms with van der Waals surface area (Å²) in [5.74, 6) is 2.08. The van der Waals surface area contributed by atoms with E-state index in [-0.39, 0.29) is 0 Å².